The summed E-state index contributed by atoms with van der Waals surface area (Å²) in [5.74, 6) is -1.92. The Morgan fingerprint density at radius 3 is 2.68 bits per heavy atom. The standard InChI is InChI=1S/C24H34O7/c1-4-13(2)23(28)31-20-10-15(12-25)9-16-6-5-14(3)18(21(16)20)8-7-17-11-19(26)22(27)24(29)30-17/h5-6,9,13-15,17-21,25-26H,4,7-8,10-12H2,1-3H3/t13?,14-,15+,17+,18-,19+,20-,21-/m0/s1. The van der Waals surface area contributed by atoms with Crippen LogP contribution in [-0.2, 0) is 23.9 Å². The van der Waals surface area contributed by atoms with E-state index in [0.29, 0.717) is 25.7 Å². The number of esters is 2. The summed E-state index contributed by atoms with van der Waals surface area (Å²) in [6, 6.07) is 0. The van der Waals surface area contributed by atoms with Crippen molar-refractivity contribution < 1.29 is 34.1 Å². The molecule has 1 aliphatic heterocycles. The van der Waals surface area contributed by atoms with Crippen LogP contribution in [0, 0.1) is 29.6 Å². The Bertz CT molecular complexity index is 755. The van der Waals surface area contributed by atoms with Crippen LogP contribution in [0.2, 0.25) is 0 Å². The van der Waals surface area contributed by atoms with Crippen molar-refractivity contribution in [3.63, 3.8) is 0 Å². The highest BCUT2D eigenvalue weighted by Crippen LogP contribution is 2.45. The molecule has 1 fully saturated rings. The zero-order valence-corrected chi connectivity index (χ0v) is 18.5. The number of ketones is 1. The number of ether oxygens (including phenoxy) is 2. The lowest BCUT2D eigenvalue weighted by Crippen LogP contribution is -2.44. The topological polar surface area (TPSA) is 110 Å². The van der Waals surface area contributed by atoms with Crippen molar-refractivity contribution in [2.75, 3.05) is 6.61 Å². The van der Waals surface area contributed by atoms with Gasteiger partial charge in [-0.1, -0.05) is 39.0 Å². The first-order chi connectivity index (χ1) is 14.7. The van der Waals surface area contributed by atoms with E-state index in [9.17, 15) is 24.6 Å². The largest absolute Gasteiger partial charge is 0.461 e. The average Bonchev–Trinajstić information content (AvgIpc) is 2.75. The Hall–Kier alpha value is -1.99. The van der Waals surface area contributed by atoms with Crippen LogP contribution in [0.15, 0.2) is 23.8 Å². The molecule has 0 spiro atoms. The second-order valence-corrected chi connectivity index (χ2v) is 9.26. The van der Waals surface area contributed by atoms with Gasteiger partial charge in [-0.2, -0.15) is 0 Å². The van der Waals surface area contributed by atoms with Crippen molar-refractivity contribution in [2.24, 2.45) is 29.6 Å². The van der Waals surface area contributed by atoms with Gasteiger partial charge < -0.3 is 19.7 Å². The molecule has 7 nitrogen and oxygen atoms in total. The molecule has 0 radical (unpaired) electrons. The van der Waals surface area contributed by atoms with E-state index in [0.717, 1.165) is 5.57 Å². The molecule has 0 saturated carbocycles. The third-order valence-electron chi connectivity index (χ3n) is 7.08. The molecule has 1 saturated heterocycles. The van der Waals surface area contributed by atoms with E-state index in [1.165, 1.54) is 0 Å². The predicted molar refractivity (Wildman–Crippen MR) is 113 cm³/mol. The highest BCUT2D eigenvalue weighted by Gasteiger charge is 2.43. The Morgan fingerprint density at radius 1 is 1.29 bits per heavy atom. The van der Waals surface area contributed by atoms with Gasteiger partial charge in [0, 0.05) is 24.9 Å². The first-order valence-corrected chi connectivity index (χ1v) is 11.4. The van der Waals surface area contributed by atoms with Gasteiger partial charge in [0.2, 0.25) is 0 Å². The predicted octanol–water partition coefficient (Wildman–Crippen LogP) is 2.35. The van der Waals surface area contributed by atoms with Gasteiger partial charge in [0.05, 0.1) is 5.92 Å². The molecule has 8 atom stereocenters. The molecule has 0 amide bonds. The summed E-state index contributed by atoms with van der Waals surface area (Å²) < 4.78 is 11.2. The van der Waals surface area contributed by atoms with Crippen molar-refractivity contribution in [3.05, 3.63) is 23.8 Å². The van der Waals surface area contributed by atoms with Crippen molar-refractivity contribution in [1.82, 2.24) is 0 Å². The molecule has 0 aromatic heterocycles. The van der Waals surface area contributed by atoms with Gasteiger partial charge in [-0.15, -0.1) is 0 Å². The average molecular weight is 435 g/mol. The number of rotatable bonds is 7. The minimum Gasteiger partial charge on any atom is -0.461 e. The van der Waals surface area contributed by atoms with Gasteiger partial charge in [-0.05, 0) is 43.1 Å². The number of Topliss-reactive ketones (excluding diaryl/α,β-unsaturated/α-hetero) is 1. The maximum Gasteiger partial charge on any atom is 0.377 e. The summed E-state index contributed by atoms with van der Waals surface area (Å²) in [6.07, 6.45) is 6.79. The molecule has 1 unspecified atom stereocenters. The van der Waals surface area contributed by atoms with Crippen molar-refractivity contribution in [2.45, 2.75) is 71.2 Å². The minimum atomic E-state index is -1.30. The maximum atomic E-state index is 12.6. The zero-order valence-electron chi connectivity index (χ0n) is 18.5. The Labute approximate surface area is 183 Å². The SMILES string of the molecule is CCC(C)C(=O)O[C@H]1C[C@H](CO)C=C2C=C[C@H](C)[C@H](CC[C@@H]3C[C@@H](O)C(=O)C(=O)O3)[C@H]21. The molecule has 2 aliphatic carbocycles. The Balaban J connectivity index is 1.77. The number of hydrogen-bond acceptors (Lipinski definition) is 7. The van der Waals surface area contributed by atoms with E-state index >= 15 is 0 Å². The fourth-order valence-corrected chi connectivity index (χ4v) is 4.96. The highest BCUT2D eigenvalue weighted by atomic mass is 16.6. The summed E-state index contributed by atoms with van der Waals surface area (Å²) in [6.45, 7) is 5.93. The molecular weight excluding hydrogens is 400 g/mol. The molecule has 172 valence electrons. The second kappa shape index (κ2) is 10.1. The molecule has 0 aromatic carbocycles. The van der Waals surface area contributed by atoms with Crippen LogP contribution in [0.4, 0.5) is 0 Å². The first kappa shape index (κ1) is 23.7. The van der Waals surface area contributed by atoms with E-state index in [1.807, 2.05) is 13.8 Å². The fourth-order valence-electron chi connectivity index (χ4n) is 4.96. The maximum absolute atomic E-state index is 12.6. The normalized spacial score (nSPS) is 36.3. The molecular formula is C24H34O7. The van der Waals surface area contributed by atoms with Crippen LogP contribution in [-0.4, -0.2) is 52.9 Å². The fraction of sp³-hybridized carbons (Fsp3) is 0.708. The quantitative estimate of drug-likeness (QED) is 0.467. The molecule has 0 aromatic rings. The summed E-state index contributed by atoms with van der Waals surface area (Å²) in [5, 5.41) is 19.6. The molecule has 3 rings (SSSR count). The molecule has 3 aliphatic rings. The van der Waals surface area contributed by atoms with Gasteiger partial charge in [0.25, 0.3) is 5.78 Å². The number of aliphatic hydroxyl groups is 2. The van der Waals surface area contributed by atoms with Crippen molar-refractivity contribution in [3.8, 4) is 0 Å². The minimum absolute atomic E-state index is 0.00153. The van der Waals surface area contributed by atoms with Crippen LogP contribution in [0.25, 0.3) is 0 Å². The molecule has 31 heavy (non-hydrogen) atoms. The van der Waals surface area contributed by atoms with Crippen LogP contribution < -0.4 is 0 Å². The number of allylic oxidation sites excluding steroid dienone is 2. The van der Waals surface area contributed by atoms with Gasteiger partial charge in [0.1, 0.15) is 18.3 Å². The van der Waals surface area contributed by atoms with E-state index in [2.05, 4.69) is 25.2 Å². The Kier molecular flexibility index (Phi) is 7.70. The van der Waals surface area contributed by atoms with Gasteiger partial charge in [0.15, 0.2) is 0 Å². The van der Waals surface area contributed by atoms with Crippen LogP contribution in [0.1, 0.15) is 52.9 Å². The molecule has 7 heteroatoms. The van der Waals surface area contributed by atoms with Crippen molar-refractivity contribution in [1.29, 1.82) is 0 Å². The first-order valence-electron chi connectivity index (χ1n) is 11.4. The number of cyclic esters (lactones) is 1. The summed E-state index contributed by atoms with van der Waals surface area (Å²) in [7, 11) is 0. The summed E-state index contributed by atoms with van der Waals surface area (Å²) in [4.78, 5) is 35.7. The van der Waals surface area contributed by atoms with Crippen molar-refractivity contribution >= 4 is 17.7 Å². The number of carbonyl (C=O) groups is 3. The zero-order chi connectivity index (χ0) is 22.7. The van der Waals surface area contributed by atoms with Gasteiger partial charge in [-0.25, -0.2) is 4.79 Å². The lowest BCUT2D eigenvalue weighted by atomic mass is 9.65. The Morgan fingerprint density at radius 2 is 2.03 bits per heavy atom. The van der Waals surface area contributed by atoms with Gasteiger partial charge >= 0.3 is 11.9 Å². The van der Waals surface area contributed by atoms with Gasteiger partial charge in [-0.3, -0.25) is 9.59 Å². The molecule has 0 bridgehead atoms. The third-order valence-corrected chi connectivity index (χ3v) is 7.08. The van der Waals surface area contributed by atoms with E-state index in [1.54, 1.807) is 0 Å². The van der Waals surface area contributed by atoms with E-state index < -0.39 is 24.0 Å². The third kappa shape index (κ3) is 5.26. The number of fused-ring (bicyclic) bond motifs is 1. The van der Waals surface area contributed by atoms with Crippen LogP contribution >= 0.6 is 0 Å². The molecule has 1 heterocycles. The lowest BCUT2D eigenvalue weighted by Gasteiger charge is -2.43. The highest BCUT2D eigenvalue weighted by molar-refractivity contribution is 6.35. The smallest absolute Gasteiger partial charge is 0.377 e. The summed E-state index contributed by atoms with van der Waals surface area (Å²) >= 11 is 0. The number of aliphatic hydroxyl groups excluding tert-OH is 2. The number of carbonyl (C=O) groups excluding carboxylic acids is 3. The van der Waals surface area contributed by atoms with Crippen LogP contribution in [0.3, 0.4) is 0 Å². The van der Waals surface area contributed by atoms with E-state index in [-0.39, 0.29) is 54.7 Å². The lowest BCUT2D eigenvalue weighted by molar-refractivity contribution is -0.170. The van der Waals surface area contributed by atoms with Crippen LogP contribution in [0.5, 0.6) is 0 Å². The molecule has 2 N–H and O–H groups in total. The summed E-state index contributed by atoms with van der Waals surface area (Å²) in [5.41, 5.74) is 1.08. The number of hydrogen-bond donors (Lipinski definition) is 2. The second-order valence-electron chi connectivity index (χ2n) is 9.26. The van der Waals surface area contributed by atoms with E-state index in [4.69, 9.17) is 9.47 Å². The monoisotopic (exact) mass is 434 g/mol.